The van der Waals surface area contributed by atoms with Crippen molar-refractivity contribution in [1.82, 2.24) is 15.5 Å². The molecule has 0 radical (unpaired) electrons. The monoisotopic (exact) mass is 354 g/mol. The van der Waals surface area contributed by atoms with E-state index in [-0.39, 0.29) is 11.6 Å². The maximum Gasteiger partial charge on any atom is 0.271 e. The summed E-state index contributed by atoms with van der Waals surface area (Å²) in [6.45, 7) is 1.11. The highest BCUT2D eigenvalue weighted by Gasteiger charge is 2.09. The minimum absolute atomic E-state index is 0.241. The molecule has 1 aromatic heterocycles. The van der Waals surface area contributed by atoms with Gasteiger partial charge < -0.3 is 15.4 Å². The van der Waals surface area contributed by atoms with E-state index in [0.29, 0.717) is 34.7 Å². The van der Waals surface area contributed by atoms with E-state index in [1.165, 1.54) is 0 Å². The van der Waals surface area contributed by atoms with Crippen molar-refractivity contribution in [3.8, 4) is 0 Å². The van der Waals surface area contributed by atoms with Gasteiger partial charge in [-0.05, 0) is 30.7 Å². The fourth-order valence-corrected chi connectivity index (χ4v) is 2.12. The summed E-state index contributed by atoms with van der Waals surface area (Å²) in [7, 11) is 1.62. The summed E-state index contributed by atoms with van der Waals surface area (Å²) in [6.07, 6.45) is 0.739. The molecule has 2 aromatic rings. The summed E-state index contributed by atoms with van der Waals surface area (Å²) < 4.78 is 4.91. The first-order valence-corrected chi connectivity index (χ1v) is 7.69. The molecule has 1 heterocycles. The molecule has 6 nitrogen and oxygen atoms in total. The van der Waals surface area contributed by atoms with Crippen LogP contribution in [-0.2, 0) is 4.74 Å². The van der Waals surface area contributed by atoms with E-state index in [9.17, 15) is 4.79 Å². The molecule has 1 aromatic carbocycles. The van der Waals surface area contributed by atoms with Crippen molar-refractivity contribution in [2.24, 2.45) is 0 Å². The van der Waals surface area contributed by atoms with Gasteiger partial charge in [0, 0.05) is 20.3 Å². The second kappa shape index (κ2) is 8.67. The van der Waals surface area contributed by atoms with Gasteiger partial charge in [-0.3, -0.25) is 4.79 Å². The van der Waals surface area contributed by atoms with Gasteiger partial charge in [-0.2, -0.15) is 0 Å². The minimum Gasteiger partial charge on any atom is -0.385 e. The van der Waals surface area contributed by atoms with Crippen LogP contribution in [0.2, 0.25) is 10.0 Å². The van der Waals surface area contributed by atoms with Gasteiger partial charge in [-0.25, -0.2) is 0 Å². The number of carbonyl (C=O) groups excluding carboxylic acids is 1. The van der Waals surface area contributed by atoms with Gasteiger partial charge in [0.15, 0.2) is 11.5 Å². The van der Waals surface area contributed by atoms with Gasteiger partial charge in [-0.15, -0.1) is 10.2 Å². The lowest BCUT2D eigenvalue weighted by molar-refractivity contribution is 0.0942. The number of anilines is 2. The number of nitrogens with zero attached hydrogens (tertiary/aromatic N) is 2. The largest absolute Gasteiger partial charge is 0.385 e. The molecule has 0 aliphatic rings. The van der Waals surface area contributed by atoms with Gasteiger partial charge in [0.1, 0.15) is 0 Å². The Hall–Kier alpha value is -1.89. The number of aromatic nitrogens is 2. The third-order valence-corrected chi connectivity index (χ3v) is 3.74. The van der Waals surface area contributed by atoms with E-state index < -0.39 is 0 Å². The number of amides is 1. The molecule has 0 aliphatic heterocycles. The van der Waals surface area contributed by atoms with Crippen LogP contribution in [0.4, 0.5) is 11.5 Å². The molecule has 8 heteroatoms. The Morgan fingerprint density at radius 1 is 1.22 bits per heavy atom. The second-order valence-corrected chi connectivity index (χ2v) is 5.42. The number of halogens is 2. The van der Waals surface area contributed by atoms with Gasteiger partial charge >= 0.3 is 0 Å². The molecular weight excluding hydrogens is 339 g/mol. The maximum absolute atomic E-state index is 11.9. The summed E-state index contributed by atoms with van der Waals surface area (Å²) in [4.78, 5) is 11.9. The highest BCUT2D eigenvalue weighted by atomic mass is 35.5. The lowest BCUT2D eigenvalue weighted by atomic mass is 10.3. The summed E-state index contributed by atoms with van der Waals surface area (Å²) in [5.74, 6) is 0.186. The Bertz CT molecular complexity index is 665. The van der Waals surface area contributed by atoms with E-state index >= 15 is 0 Å². The summed E-state index contributed by atoms with van der Waals surface area (Å²) in [6, 6.07) is 8.46. The highest BCUT2D eigenvalue weighted by Crippen LogP contribution is 2.31. The van der Waals surface area contributed by atoms with Crippen LogP contribution in [0.1, 0.15) is 16.9 Å². The molecule has 0 saturated heterocycles. The Morgan fingerprint density at radius 2 is 2.04 bits per heavy atom. The van der Waals surface area contributed by atoms with Gasteiger partial charge in [0.2, 0.25) is 0 Å². The molecule has 1 amide bonds. The molecule has 0 aliphatic carbocycles. The Balaban J connectivity index is 1.96. The average molecular weight is 355 g/mol. The molecule has 2 N–H and O–H groups in total. The lowest BCUT2D eigenvalue weighted by Crippen LogP contribution is -2.26. The number of ether oxygens (including phenoxy) is 1. The van der Waals surface area contributed by atoms with E-state index in [0.717, 1.165) is 6.42 Å². The Labute approximate surface area is 144 Å². The first kappa shape index (κ1) is 17.5. The molecule has 122 valence electrons. The van der Waals surface area contributed by atoms with Crippen molar-refractivity contribution in [2.45, 2.75) is 6.42 Å². The first-order chi connectivity index (χ1) is 11.1. The van der Waals surface area contributed by atoms with Crippen molar-refractivity contribution in [2.75, 3.05) is 25.6 Å². The number of benzene rings is 1. The van der Waals surface area contributed by atoms with Crippen molar-refractivity contribution < 1.29 is 9.53 Å². The van der Waals surface area contributed by atoms with Gasteiger partial charge in [0.05, 0.1) is 15.7 Å². The van der Waals surface area contributed by atoms with Crippen LogP contribution < -0.4 is 10.6 Å². The van der Waals surface area contributed by atoms with Crippen molar-refractivity contribution in [3.05, 3.63) is 46.1 Å². The van der Waals surface area contributed by atoms with Crippen LogP contribution in [-0.4, -0.2) is 36.4 Å². The fraction of sp³-hybridized carbons (Fsp3) is 0.267. The molecule has 0 unspecified atom stereocenters. The fourth-order valence-electron chi connectivity index (χ4n) is 1.77. The topological polar surface area (TPSA) is 76.1 Å². The Kier molecular flexibility index (Phi) is 6.58. The SMILES string of the molecule is COCCCNC(=O)c1ccc(Nc2cccc(Cl)c2Cl)nn1. The van der Waals surface area contributed by atoms with Crippen LogP contribution in [0.25, 0.3) is 0 Å². The number of nitrogens with one attached hydrogen (secondary N) is 2. The lowest BCUT2D eigenvalue weighted by Gasteiger charge is -2.08. The van der Waals surface area contributed by atoms with E-state index in [2.05, 4.69) is 20.8 Å². The molecule has 0 bridgehead atoms. The molecule has 0 spiro atoms. The van der Waals surface area contributed by atoms with E-state index in [1.54, 1.807) is 37.4 Å². The standard InChI is InChI=1S/C15H16Cl2N4O2/c1-23-9-3-8-18-15(22)12-6-7-13(21-20-12)19-11-5-2-4-10(16)14(11)17/h2,4-7H,3,8-9H2,1H3,(H,18,22)(H,19,21). The summed E-state index contributed by atoms with van der Waals surface area (Å²) in [5, 5.41) is 14.4. The second-order valence-electron chi connectivity index (χ2n) is 4.63. The number of hydrogen-bond donors (Lipinski definition) is 2. The zero-order valence-corrected chi connectivity index (χ0v) is 14.0. The Morgan fingerprint density at radius 3 is 2.74 bits per heavy atom. The molecule has 0 atom stereocenters. The quantitative estimate of drug-likeness (QED) is 0.746. The average Bonchev–Trinajstić information content (AvgIpc) is 2.56. The first-order valence-electron chi connectivity index (χ1n) is 6.93. The van der Waals surface area contributed by atoms with Gasteiger partial charge in [0.25, 0.3) is 5.91 Å². The summed E-state index contributed by atoms with van der Waals surface area (Å²) >= 11 is 12.0. The zero-order chi connectivity index (χ0) is 16.7. The van der Waals surface area contributed by atoms with Crippen molar-refractivity contribution in [3.63, 3.8) is 0 Å². The van der Waals surface area contributed by atoms with E-state index in [4.69, 9.17) is 27.9 Å². The predicted molar refractivity (Wildman–Crippen MR) is 90.6 cm³/mol. The minimum atomic E-state index is -0.277. The highest BCUT2D eigenvalue weighted by molar-refractivity contribution is 6.43. The van der Waals surface area contributed by atoms with Gasteiger partial charge in [-0.1, -0.05) is 29.3 Å². The normalized spacial score (nSPS) is 10.4. The third-order valence-electron chi connectivity index (χ3n) is 2.92. The van der Waals surface area contributed by atoms with Crippen LogP contribution in [0.3, 0.4) is 0 Å². The summed E-state index contributed by atoms with van der Waals surface area (Å²) in [5.41, 5.74) is 0.857. The van der Waals surface area contributed by atoms with Crippen LogP contribution >= 0.6 is 23.2 Å². The van der Waals surface area contributed by atoms with Crippen molar-refractivity contribution in [1.29, 1.82) is 0 Å². The van der Waals surface area contributed by atoms with Crippen LogP contribution in [0.5, 0.6) is 0 Å². The van der Waals surface area contributed by atoms with Crippen LogP contribution in [0, 0.1) is 0 Å². The van der Waals surface area contributed by atoms with E-state index in [1.807, 2.05) is 0 Å². The molecule has 23 heavy (non-hydrogen) atoms. The predicted octanol–water partition coefficient (Wildman–Crippen LogP) is 3.29. The van der Waals surface area contributed by atoms with Crippen LogP contribution in [0.15, 0.2) is 30.3 Å². The molecule has 0 fully saturated rings. The number of rotatable bonds is 7. The number of carbonyl (C=O) groups is 1. The number of methoxy groups -OCH3 is 1. The maximum atomic E-state index is 11.9. The zero-order valence-electron chi connectivity index (χ0n) is 12.5. The molecule has 0 saturated carbocycles. The third kappa shape index (κ3) is 5.06. The smallest absolute Gasteiger partial charge is 0.271 e. The number of hydrogen-bond acceptors (Lipinski definition) is 5. The van der Waals surface area contributed by atoms with Crippen molar-refractivity contribution >= 4 is 40.6 Å². The molecular formula is C15H16Cl2N4O2. The molecule has 2 rings (SSSR count).